The van der Waals surface area contributed by atoms with Gasteiger partial charge in [-0.25, -0.2) is 4.79 Å². The van der Waals surface area contributed by atoms with Crippen LogP contribution in [-0.4, -0.2) is 29.0 Å². The smallest absolute Gasteiger partial charge is 0.338 e. The topological polar surface area (TPSA) is 76.5 Å². The number of carbonyl (C=O) groups is 2. The molecule has 0 radical (unpaired) electrons. The summed E-state index contributed by atoms with van der Waals surface area (Å²) in [4.78, 5) is 27.3. The van der Waals surface area contributed by atoms with Crippen LogP contribution in [0.3, 0.4) is 0 Å². The first-order valence-electron chi connectivity index (χ1n) is 5.51. The van der Waals surface area contributed by atoms with Crippen LogP contribution in [0, 0.1) is 0 Å². The largest absolute Gasteiger partial charge is 0.496 e. The van der Waals surface area contributed by atoms with Gasteiger partial charge in [0.2, 0.25) is 5.78 Å². The molecule has 0 aliphatic rings. The van der Waals surface area contributed by atoms with Gasteiger partial charge in [-0.15, -0.1) is 0 Å². The number of pyridine rings is 1. The molecule has 0 amide bonds. The predicted molar refractivity (Wildman–Crippen MR) is 67.6 cm³/mol. The second kappa shape index (κ2) is 5.30. The monoisotopic (exact) mass is 257 g/mol. The van der Waals surface area contributed by atoms with E-state index in [2.05, 4.69) is 4.98 Å². The Kier molecular flexibility index (Phi) is 3.56. The van der Waals surface area contributed by atoms with Gasteiger partial charge in [-0.2, -0.15) is 0 Å². The first-order valence-corrected chi connectivity index (χ1v) is 5.51. The molecular formula is C14H11NO4. The van der Waals surface area contributed by atoms with Gasteiger partial charge in [-0.3, -0.25) is 9.78 Å². The molecule has 0 aliphatic carbocycles. The van der Waals surface area contributed by atoms with Crippen LogP contribution in [0.5, 0.6) is 5.75 Å². The summed E-state index contributed by atoms with van der Waals surface area (Å²) in [6, 6.07) is 9.43. The van der Waals surface area contributed by atoms with Crippen molar-refractivity contribution in [1.29, 1.82) is 0 Å². The van der Waals surface area contributed by atoms with Crippen molar-refractivity contribution in [3.63, 3.8) is 0 Å². The summed E-state index contributed by atoms with van der Waals surface area (Å²) in [6.07, 6.45) is 1.38. The van der Waals surface area contributed by atoms with E-state index < -0.39 is 11.8 Å². The molecule has 2 rings (SSSR count). The molecule has 1 heterocycles. The lowest BCUT2D eigenvalue weighted by Crippen LogP contribution is -2.12. The Morgan fingerprint density at radius 1 is 1.11 bits per heavy atom. The van der Waals surface area contributed by atoms with E-state index in [-0.39, 0.29) is 16.8 Å². The zero-order valence-corrected chi connectivity index (χ0v) is 10.2. The van der Waals surface area contributed by atoms with Crippen molar-refractivity contribution < 1.29 is 19.4 Å². The lowest BCUT2D eigenvalue weighted by atomic mass is 10.0. The fourth-order valence-corrected chi connectivity index (χ4v) is 1.72. The summed E-state index contributed by atoms with van der Waals surface area (Å²) in [5.74, 6) is -1.28. The molecule has 1 aromatic heterocycles. The fraction of sp³-hybridized carbons (Fsp3) is 0.0714. The lowest BCUT2D eigenvalue weighted by Gasteiger charge is -2.08. The first kappa shape index (κ1) is 12.8. The number of benzene rings is 1. The number of aromatic carboxylic acids is 1. The van der Waals surface area contributed by atoms with Gasteiger partial charge < -0.3 is 9.84 Å². The first-order chi connectivity index (χ1) is 9.15. The molecule has 0 aliphatic heterocycles. The predicted octanol–water partition coefficient (Wildman–Crippen LogP) is 2.02. The Balaban J connectivity index is 2.53. The molecule has 0 bridgehead atoms. The number of rotatable bonds is 4. The number of carbonyl (C=O) groups excluding carboxylic acids is 1. The van der Waals surface area contributed by atoms with Crippen molar-refractivity contribution in [1.82, 2.24) is 4.98 Å². The second-order valence-corrected chi connectivity index (χ2v) is 3.73. The van der Waals surface area contributed by atoms with Gasteiger partial charge >= 0.3 is 5.97 Å². The molecule has 0 fully saturated rings. The van der Waals surface area contributed by atoms with Crippen molar-refractivity contribution in [2.45, 2.75) is 0 Å². The fourth-order valence-electron chi connectivity index (χ4n) is 1.72. The highest BCUT2D eigenvalue weighted by Gasteiger charge is 2.21. The number of nitrogens with zero attached hydrogens (tertiary/aromatic N) is 1. The third-order valence-electron chi connectivity index (χ3n) is 2.60. The molecule has 96 valence electrons. The maximum Gasteiger partial charge on any atom is 0.338 e. The number of methoxy groups -OCH3 is 1. The summed E-state index contributed by atoms with van der Waals surface area (Å²) in [7, 11) is 1.45. The van der Waals surface area contributed by atoms with Gasteiger partial charge in [-0.05, 0) is 24.3 Å². The van der Waals surface area contributed by atoms with E-state index >= 15 is 0 Å². The van der Waals surface area contributed by atoms with E-state index in [0.29, 0.717) is 5.75 Å². The summed E-state index contributed by atoms with van der Waals surface area (Å²) >= 11 is 0. The molecule has 0 atom stereocenters. The molecule has 0 saturated carbocycles. The Morgan fingerprint density at radius 3 is 2.47 bits per heavy atom. The minimum Gasteiger partial charge on any atom is -0.496 e. The zero-order chi connectivity index (χ0) is 13.8. The minimum atomic E-state index is -1.19. The number of para-hydroxylation sites is 1. The Labute approximate surface area is 109 Å². The summed E-state index contributed by atoms with van der Waals surface area (Å²) < 4.78 is 5.09. The van der Waals surface area contributed by atoms with E-state index in [4.69, 9.17) is 9.84 Å². The molecule has 0 spiro atoms. The van der Waals surface area contributed by atoms with Crippen LogP contribution >= 0.6 is 0 Å². The van der Waals surface area contributed by atoms with E-state index in [9.17, 15) is 9.59 Å². The van der Waals surface area contributed by atoms with Crippen LogP contribution in [0.2, 0.25) is 0 Å². The number of carboxylic acid groups (broad SMARTS) is 1. The van der Waals surface area contributed by atoms with Crippen LogP contribution in [0.25, 0.3) is 0 Å². The number of hydrogen-bond acceptors (Lipinski definition) is 4. The third-order valence-corrected chi connectivity index (χ3v) is 2.60. The van der Waals surface area contributed by atoms with Gasteiger partial charge in [0.25, 0.3) is 0 Å². The van der Waals surface area contributed by atoms with Crippen LogP contribution in [0.4, 0.5) is 0 Å². The van der Waals surface area contributed by atoms with Crippen molar-refractivity contribution in [2.75, 3.05) is 7.11 Å². The van der Waals surface area contributed by atoms with Gasteiger partial charge in [0, 0.05) is 6.20 Å². The third kappa shape index (κ3) is 2.44. The molecule has 1 N–H and O–H groups in total. The Hall–Kier alpha value is -2.69. The van der Waals surface area contributed by atoms with Crippen LogP contribution in [0.15, 0.2) is 42.6 Å². The van der Waals surface area contributed by atoms with Gasteiger partial charge in [0.15, 0.2) is 0 Å². The standard InChI is InChI=1S/C14H11NO4/c1-19-11-7-3-2-5-9(11)13(16)12-10(14(17)18)6-4-8-15-12/h2-8H,1H3,(H,17,18). The molecule has 0 saturated heterocycles. The second-order valence-electron chi connectivity index (χ2n) is 3.73. The van der Waals surface area contributed by atoms with Crippen LogP contribution in [0.1, 0.15) is 26.4 Å². The normalized spacial score (nSPS) is 9.95. The van der Waals surface area contributed by atoms with Gasteiger partial charge in [-0.1, -0.05) is 12.1 Å². The summed E-state index contributed by atoms with van der Waals surface area (Å²) in [5.41, 5.74) is 0.0594. The van der Waals surface area contributed by atoms with Crippen LogP contribution < -0.4 is 4.74 Å². The molecular weight excluding hydrogens is 246 g/mol. The van der Waals surface area contributed by atoms with Crippen molar-refractivity contribution in [2.24, 2.45) is 0 Å². The number of ketones is 1. The number of carboxylic acids is 1. The molecule has 19 heavy (non-hydrogen) atoms. The Morgan fingerprint density at radius 2 is 1.79 bits per heavy atom. The van der Waals surface area contributed by atoms with E-state index in [1.807, 2.05) is 0 Å². The van der Waals surface area contributed by atoms with Crippen LogP contribution in [-0.2, 0) is 0 Å². The van der Waals surface area contributed by atoms with Gasteiger partial charge in [0.1, 0.15) is 11.4 Å². The maximum absolute atomic E-state index is 12.3. The molecule has 0 unspecified atom stereocenters. The van der Waals surface area contributed by atoms with Crippen molar-refractivity contribution in [3.05, 3.63) is 59.4 Å². The average Bonchev–Trinajstić information content (AvgIpc) is 2.46. The highest BCUT2D eigenvalue weighted by Crippen LogP contribution is 2.21. The highest BCUT2D eigenvalue weighted by atomic mass is 16.5. The molecule has 1 aromatic carbocycles. The summed E-state index contributed by atoms with van der Waals surface area (Å²) in [6.45, 7) is 0. The lowest BCUT2D eigenvalue weighted by molar-refractivity contribution is 0.0692. The van der Waals surface area contributed by atoms with E-state index in [1.165, 1.54) is 25.4 Å². The molecule has 5 nitrogen and oxygen atoms in total. The SMILES string of the molecule is COc1ccccc1C(=O)c1ncccc1C(=O)O. The Bertz CT molecular complexity index is 637. The number of ether oxygens (including phenoxy) is 1. The number of aromatic nitrogens is 1. The zero-order valence-electron chi connectivity index (χ0n) is 10.2. The van der Waals surface area contributed by atoms with Gasteiger partial charge in [0.05, 0.1) is 18.2 Å². The van der Waals surface area contributed by atoms with E-state index in [1.54, 1.807) is 24.3 Å². The summed E-state index contributed by atoms with van der Waals surface area (Å²) in [5, 5.41) is 9.06. The molecule has 5 heteroatoms. The maximum atomic E-state index is 12.3. The van der Waals surface area contributed by atoms with Crippen molar-refractivity contribution in [3.8, 4) is 5.75 Å². The highest BCUT2D eigenvalue weighted by molar-refractivity contribution is 6.14. The van der Waals surface area contributed by atoms with Crippen molar-refractivity contribution >= 4 is 11.8 Å². The average molecular weight is 257 g/mol. The minimum absolute atomic E-state index is 0.0977. The number of hydrogen-bond donors (Lipinski definition) is 1. The molecule has 2 aromatic rings. The quantitative estimate of drug-likeness (QED) is 0.848. The van der Waals surface area contributed by atoms with E-state index in [0.717, 1.165) is 0 Å².